The topological polar surface area (TPSA) is 121 Å². The summed E-state index contributed by atoms with van der Waals surface area (Å²) >= 11 is 1.58. The van der Waals surface area contributed by atoms with Gasteiger partial charge in [-0.3, -0.25) is 14.6 Å². The molecule has 1 amide bonds. The van der Waals surface area contributed by atoms with Gasteiger partial charge in [0.2, 0.25) is 6.29 Å². The molecule has 156 valence electrons. The molecule has 2 aromatic carbocycles. The third-order valence-electron chi connectivity index (χ3n) is 4.38. The van der Waals surface area contributed by atoms with Crippen LogP contribution in [-0.2, 0) is 9.59 Å². The molecule has 0 fully saturated rings. The highest BCUT2D eigenvalue weighted by Gasteiger charge is 2.13. The second-order valence-electron chi connectivity index (χ2n) is 6.42. The van der Waals surface area contributed by atoms with Gasteiger partial charge in [-0.25, -0.2) is 0 Å². The number of anilines is 3. The Kier molecular flexibility index (Phi) is 7.08. The standard InChI is InChI=1S/C17H13N3O2S.C6H8N2/c18-8-11-5-12(20-16(22)9-21)7-13(17(11)19)15-6-10-3-1-2-4-14(10)23-15;1-7-6-3-2-4-8-5-6/h1-9,18H,19H2,(H,20,22);2-5,7H,1H3. The normalized spacial score (nSPS) is 9.97. The molecule has 0 unspecified atom stereocenters. The van der Waals surface area contributed by atoms with Crippen LogP contribution in [0.15, 0.2) is 67.0 Å². The van der Waals surface area contributed by atoms with Crippen molar-refractivity contribution in [1.29, 1.82) is 5.41 Å². The minimum Gasteiger partial charge on any atom is -0.398 e. The molecule has 0 radical (unpaired) electrons. The average Bonchev–Trinajstić information content (AvgIpc) is 3.25. The summed E-state index contributed by atoms with van der Waals surface area (Å²) < 4.78 is 1.13. The van der Waals surface area contributed by atoms with Crippen molar-refractivity contribution >= 4 is 56.9 Å². The molecule has 0 atom stereocenters. The van der Waals surface area contributed by atoms with Crippen molar-refractivity contribution in [3.8, 4) is 10.4 Å². The molecule has 0 aliphatic carbocycles. The van der Waals surface area contributed by atoms with Gasteiger partial charge in [-0.15, -0.1) is 11.3 Å². The highest BCUT2D eigenvalue weighted by Crippen LogP contribution is 2.38. The number of amides is 1. The second-order valence-corrected chi connectivity index (χ2v) is 7.50. The highest BCUT2D eigenvalue weighted by atomic mass is 32.1. The number of benzene rings is 2. The number of fused-ring (bicyclic) bond motifs is 1. The van der Waals surface area contributed by atoms with Gasteiger partial charge < -0.3 is 21.8 Å². The fourth-order valence-corrected chi connectivity index (χ4v) is 3.96. The number of aldehydes is 1. The van der Waals surface area contributed by atoms with Gasteiger partial charge in [0.15, 0.2) is 0 Å². The molecule has 0 aliphatic rings. The smallest absolute Gasteiger partial charge is 0.288 e. The lowest BCUT2D eigenvalue weighted by atomic mass is 10.0. The molecule has 2 heterocycles. The number of rotatable bonds is 5. The maximum absolute atomic E-state index is 11.3. The van der Waals surface area contributed by atoms with E-state index in [4.69, 9.17) is 11.1 Å². The van der Waals surface area contributed by atoms with E-state index >= 15 is 0 Å². The molecule has 8 heteroatoms. The molecule has 0 bridgehead atoms. The van der Waals surface area contributed by atoms with Gasteiger partial charge in [-0.1, -0.05) is 18.2 Å². The van der Waals surface area contributed by atoms with Crippen LogP contribution in [0.4, 0.5) is 17.1 Å². The zero-order chi connectivity index (χ0) is 22.2. The van der Waals surface area contributed by atoms with Crippen LogP contribution < -0.4 is 16.4 Å². The van der Waals surface area contributed by atoms with Crippen LogP contribution in [0.3, 0.4) is 0 Å². The summed E-state index contributed by atoms with van der Waals surface area (Å²) in [7, 11) is 1.87. The van der Waals surface area contributed by atoms with E-state index < -0.39 is 5.91 Å². The molecule has 0 spiro atoms. The number of hydrogen-bond acceptors (Lipinski definition) is 7. The largest absolute Gasteiger partial charge is 0.398 e. The first kappa shape index (κ1) is 21.7. The molecule has 0 aliphatic heterocycles. The van der Waals surface area contributed by atoms with Crippen molar-refractivity contribution < 1.29 is 9.59 Å². The summed E-state index contributed by atoms with van der Waals surface area (Å²) in [5.41, 5.74) is 9.32. The van der Waals surface area contributed by atoms with E-state index in [2.05, 4.69) is 15.6 Å². The molecule has 5 N–H and O–H groups in total. The first-order valence-electron chi connectivity index (χ1n) is 9.32. The lowest BCUT2D eigenvalue weighted by Gasteiger charge is -2.10. The molecular formula is C23H21N5O2S. The van der Waals surface area contributed by atoms with E-state index in [-0.39, 0.29) is 6.29 Å². The number of hydrogen-bond donors (Lipinski definition) is 4. The van der Waals surface area contributed by atoms with Crippen LogP contribution in [0.2, 0.25) is 0 Å². The summed E-state index contributed by atoms with van der Waals surface area (Å²) in [4.78, 5) is 26.6. The zero-order valence-corrected chi connectivity index (χ0v) is 17.6. The number of nitrogen functional groups attached to an aromatic ring is 1. The minimum atomic E-state index is -0.743. The Morgan fingerprint density at radius 3 is 2.55 bits per heavy atom. The summed E-state index contributed by atoms with van der Waals surface area (Å²) in [5.74, 6) is -0.743. The highest BCUT2D eigenvalue weighted by molar-refractivity contribution is 7.22. The molecule has 4 rings (SSSR count). The fraction of sp³-hybridized carbons (Fsp3) is 0.0435. The number of thiophene rings is 1. The van der Waals surface area contributed by atoms with E-state index in [1.165, 1.54) is 0 Å². The molecule has 7 nitrogen and oxygen atoms in total. The van der Waals surface area contributed by atoms with Gasteiger partial charge in [0.1, 0.15) is 0 Å². The van der Waals surface area contributed by atoms with Gasteiger partial charge in [0.25, 0.3) is 5.91 Å². The van der Waals surface area contributed by atoms with Gasteiger partial charge in [-0.2, -0.15) is 0 Å². The van der Waals surface area contributed by atoms with E-state index in [0.29, 0.717) is 16.9 Å². The summed E-state index contributed by atoms with van der Waals surface area (Å²) in [6, 6.07) is 17.1. The number of carbonyl (C=O) groups is 2. The van der Waals surface area contributed by atoms with Crippen LogP contribution >= 0.6 is 11.3 Å². The summed E-state index contributed by atoms with van der Waals surface area (Å²) in [5, 5.41) is 14.0. The maximum Gasteiger partial charge on any atom is 0.288 e. The summed E-state index contributed by atoms with van der Waals surface area (Å²) in [6.07, 6.45) is 4.86. The second kappa shape index (κ2) is 10.1. The van der Waals surface area contributed by atoms with E-state index in [0.717, 1.165) is 32.4 Å². The predicted molar refractivity (Wildman–Crippen MR) is 128 cm³/mol. The Morgan fingerprint density at radius 2 is 1.94 bits per heavy atom. The maximum atomic E-state index is 11.3. The Hall–Kier alpha value is -4.04. The molecule has 4 aromatic rings. The average molecular weight is 432 g/mol. The van der Waals surface area contributed by atoms with Crippen molar-refractivity contribution in [2.45, 2.75) is 0 Å². The third-order valence-corrected chi connectivity index (χ3v) is 5.53. The number of nitrogens with two attached hydrogens (primary N) is 1. The van der Waals surface area contributed by atoms with Gasteiger partial charge in [0.05, 0.1) is 5.69 Å². The Balaban J connectivity index is 0.000000287. The Labute approximate surface area is 183 Å². The first-order valence-corrected chi connectivity index (χ1v) is 10.1. The van der Waals surface area contributed by atoms with Gasteiger partial charge in [0, 0.05) is 57.7 Å². The zero-order valence-electron chi connectivity index (χ0n) is 16.8. The van der Waals surface area contributed by atoms with Crippen LogP contribution in [0.1, 0.15) is 5.56 Å². The summed E-state index contributed by atoms with van der Waals surface area (Å²) in [6.45, 7) is 0. The number of aromatic nitrogens is 1. The van der Waals surface area contributed by atoms with Crippen molar-refractivity contribution in [2.75, 3.05) is 23.4 Å². The Bertz CT molecular complexity index is 1190. The monoisotopic (exact) mass is 431 g/mol. The SMILES string of the molecule is CNc1cccnc1.N=Cc1cc(NC(=O)C=O)cc(-c2cc3ccccc3s2)c1N. The first-order chi connectivity index (χ1) is 15.0. The van der Waals surface area contributed by atoms with Crippen LogP contribution in [0, 0.1) is 5.41 Å². The molecule has 2 aromatic heterocycles. The number of pyridine rings is 1. The van der Waals surface area contributed by atoms with E-state index in [1.54, 1.807) is 35.9 Å². The molecule has 0 saturated carbocycles. The minimum absolute atomic E-state index is 0.208. The van der Waals surface area contributed by atoms with Crippen LogP contribution in [0.25, 0.3) is 20.5 Å². The number of nitrogens with zero attached hydrogens (tertiary/aromatic N) is 1. The van der Waals surface area contributed by atoms with Crippen molar-refractivity contribution in [1.82, 2.24) is 4.98 Å². The fourth-order valence-electron chi connectivity index (χ4n) is 2.87. The lowest BCUT2D eigenvalue weighted by molar-refractivity contribution is -0.127. The third kappa shape index (κ3) is 5.31. The van der Waals surface area contributed by atoms with Crippen molar-refractivity contribution in [2.24, 2.45) is 0 Å². The van der Waals surface area contributed by atoms with Crippen LogP contribution in [-0.4, -0.2) is 30.4 Å². The number of carbonyl (C=O) groups excluding carboxylic acids is 2. The Morgan fingerprint density at radius 1 is 1.13 bits per heavy atom. The molecule has 31 heavy (non-hydrogen) atoms. The van der Waals surface area contributed by atoms with Crippen LogP contribution in [0.5, 0.6) is 0 Å². The quantitative estimate of drug-likeness (QED) is 0.161. The van der Waals surface area contributed by atoms with Crippen molar-refractivity contribution in [3.05, 3.63) is 72.6 Å². The van der Waals surface area contributed by atoms with E-state index in [9.17, 15) is 9.59 Å². The van der Waals surface area contributed by atoms with Gasteiger partial charge in [-0.05, 0) is 41.8 Å². The lowest BCUT2D eigenvalue weighted by Crippen LogP contribution is -2.13. The van der Waals surface area contributed by atoms with Crippen molar-refractivity contribution in [3.63, 3.8) is 0 Å². The van der Waals surface area contributed by atoms with E-state index in [1.807, 2.05) is 49.5 Å². The van der Waals surface area contributed by atoms with Gasteiger partial charge >= 0.3 is 0 Å². The number of nitrogens with one attached hydrogen (secondary N) is 3. The predicted octanol–water partition coefficient (Wildman–Crippen LogP) is 4.41. The molecular weight excluding hydrogens is 410 g/mol. The molecule has 0 saturated heterocycles.